The second-order valence-corrected chi connectivity index (χ2v) is 11.5. The van der Waals surface area contributed by atoms with E-state index in [0.29, 0.717) is 28.8 Å². The number of likely N-dealkylation sites (N-methyl/N-ethyl adjacent to an activating group) is 1. The molecule has 0 atom stereocenters. The maximum atomic E-state index is 13.5. The number of amides is 2. The minimum Gasteiger partial charge on any atom is -0.493 e. The zero-order valence-electron chi connectivity index (χ0n) is 24.8. The van der Waals surface area contributed by atoms with Crippen LogP contribution in [0.15, 0.2) is 53.3 Å². The number of aromatic nitrogens is 2. The quantitative estimate of drug-likeness (QED) is 0.278. The molecule has 0 saturated heterocycles. The molecule has 43 heavy (non-hydrogen) atoms. The highest BCUT2D eigenvalue weighted by molar-refractivity contribution is 6.31. The van der Waals surface area contributed by atoms with E-state index in [1.165, 1.54) is 17.8 Å². The first-order valence-electron chi connectivity index (χ1n) is 13.7. The van der Waals surface area contributed by atoms with Crippen LogP contribution in [-0.4, -0.2) is 65.5 Å². The molecule has 3 rings (SSSR count). The predicted molar refractivity (Wildman–Crippen MR) is 160 cm³/mol. The summed E-state index contributed by atoms with van der Waals surface area (Å²) < 4.78 is 47.1. The van der Waals surface area contributed by atoms with Crippen LogP contribution in [-0.2, 0) is 18.3 Å². The summed E-state index contributed by atoms with van der Waals surface area (Å²) in [5, 5.41) is 5.90. The van der Waals surface area contributed by atoms with Crippen LogP contribution in [0.2, 0.25) is 5.02 Å². The van der Waals surface area contributed by atoms with Crippen molar-refractivity contribution in [3.8, 4) is 11.4 Å². The fourth-order valence-electron chi connectivity index (χ4n) is 4.66. The van der Waals surface area contributed by atoms with E-state index in [2.05, 4.69) is 10.6 Å². The number of anilines is 1. The monoisotopic (exact) mass is 623 g/mol. The molecule has 0 radical (unpaired) electrons. The lowest BCUT2D eigenvalue weighted by molar-refractivity contribution is -0.142. The van der Waals surface area contributed by atoms with Gasteiger partial charge in [-0.25, -0.2) is 4.68 Å². The molecule has 0 spiro atoms. The van der Waals surface area contributed by atoms with Gasteiger partial charge in [-0.05, 0) is 49.7 Å². The normalized spacial score (nSPS) is 12.0. The molecule has 234 valence electrons. The lowest BCUT2D eigenvalue weighted by Gasteiger charge is -2.24. The van der Waals surface area contributed by atoms with Crippen molar-refractivity contribution in [2.45, 2.75) is 39.8 Å². The summed E-state index contributed by atoms with van der Waals surface area (Å²) in [6, 6.07) is 13.5. The van der Waals surface area contributed by atoms with Crippen molar-refractivity contribution in [3.63, 3.8) is 0 Å². The van der Waals surface area contributed by atoms with Gasteiger partial charge in [0.1, 0.15) is 11.4 Å². The van der Waals surface area contributed by atoms with E-state index < -0.39 is 35.5 Å². The largest absolute Gasteiger partial charge is 0.493 e. The fraction of sp³-hybridized carbons (Fsp3) is 0.433. The van der Waals surface area contributed by atoms with Crippen LogP contribution in [0, 0.1) is 5.41 Å². The molecular weight excluding hydrogens is 587 g/mol. The van der Waals surface area contributed by atoms with E-state index >= 15 is 0 Å². The number of nitrogens with zero attached hydrogens (tertiary/aromatic N) is 3. The fourth-order valence-corrected chi connectivity index (χ4v) is 4.83. The number of ether oxygens (including phenoxy) is 1. The van der Waals surface area contributed by atoms with Gasteiger partial charge in [-0.2, -0.15) is 13.2 Å². The van der Waals surface area contributed by atoms with E-state index in [1.807, 2.05) is 0 Å². The Balaban J connectivity index is 1.78. The summed E-state index contributed by atoms with van der Waals surface area (Å²) >= 11 is 6.07. The number of benzene rings is 2. The Morgan fingerprint density at radius 1 is 1.09 bits per heavy atom. The highest BCUT2D eigenvalue weighted by Crippen LogP contribution is 2.25. The molecule has 0 saturated carbocycles. The van der Waals surface area contributed by atoms with Gasteiger partial charge >= 0.3 is 6.18 Å². The molecule has 0 aliphatic heterocycles. The molecule has 0 unspecified atom stereocenters. The first-order valence-corrected chi connectivity index (χ1v) is 14.1. The molecule has 0 bridgehead atoms. The zero-order chi connectivity index (χ0) is 31.9. The maximum absolute atomic E-state index is 13.5. The van der Waals surface area contributed by atoms with Crippen molar-refractivity contribution in [1.82, 2.24) is 19.6 Å². The van der Waals surface area contributed by atoms with E-state index in [1.54, 1.807) is 75.0 Å². The third-order valence-corrected chi connectivity index (χ3v) is 6.92. The topological polar surface area (TPSA) is 97.6 Å². The molecule has 0 aliphatic carbocycles. The van der Waals surface area contributed by atoms with Gasteiger partial charge in [0.25, 0.3) is 11.5 Å². The van der Waals surface area contributed by atoms with Crippen LogP contribution in [0.25, 0.3) is 5.69 Å². The summed E-state index contributed by atoms with van der Waals surface area (Å²) in [5.74, 6) is -0.518. The summed E-state index contributed by atoms with van der Waals surface area (Å²) in [6.07, 6.45) is -4.35. The molecule has 0 fully saturated rings. The Bertz CT molecular complexity index is 1490. The van der Waals surface area contributed by atoms with Gasteiger partial charge in [0.2, 0.25) is 5.91 Å². The van der Waals surface area contributed by atoms with Crippen LogP contribution < -0.4 is 20.9 Å². The average molecular weight is 624 g/mol. The third kappa shape index (κ3) is 9.36. The molecule has 2 amide bonds. The van der Waals surface area contributed by atoms with Crippen molar-refractivity contribution in [2.75, 3.05) is 38.6 Å². The first kappa shape index (κ1) is 33.7. The maximum Gasteiger partial charge on any atom is 0.401 e. The first-order chi connectivity index (χ1) is 20.1. The third-order valence-electron chi connectivity index (χ3n) is 6.68. The van der Waals surface area contributed by atoms with Crippen LogP contribution in [0.3, 0.4) is 0 Å². The highest BCUT2D eigenvalue weighted by Gasteiger charge is 2.30. The minimum atomic E-state index is -4.37. The number of nitrogens with one attached hydrogen (secondary N) is 2. The van der Waals surface area contributed by atoms with Gasteiger partial charge in [-0.3, -0.25) is 24.0 Å². The van der Waals surface area contributed by atoms with Crippen molar-refractivity contribution in [1.29, 1.82) is 0 Å². The SMILES string of the molecule is CCOc1ccc(Cl)cc1C(=O)NCC(C)(C)CC(=O)Nc1c(CCN(C)CC(F)(F)F)n(C)n(-c2ccccc2)c1=O. The van der Waals surface area contributed by atoms with Crippen molar-refractivity contribution < 1.29 is 27.5 Å². The average Bonchev–Trinajstić information content (AvgIpc) is 3.14. The molecule has 13 heteroatoms. The molecule has 0 aliphatic rings. The number of alkyl halides is 3. The molecule has 2 N–H and O–H groups in total. The second kappa shape index (κ2) is 14.1. The smallest absolute Gasteiger partial charge is 0.401 e. The van der Waals surface area contributed by atoms with Crippen LogP contribution in [0.4, 0.5) is 18.9 Å². The molecule has 2 aromatic carbocycles. The zero-order valence-corrected chi connectivity index (χ0v) is 25.6. The number of para-hydroxylation sites is 1. The lowest BCUT2D eigenvalue weighted by Crippen LogP contribution is -2.37. The van der Waals surface area contributed by atoms with Gasteiger partial charge in [0, 0.05) is 38.0 Å². The summed E-state index contributed by atoms with van der Waals surface area (Å²) in [7, 11) is 2.96. The van der Waals surface area contributed by atoms with Crippen molar-refractivity contribution in [2.24, 2.45) is 12.5 Å². The Kier molecular flexibility index (Phi) is 11.1. The predicted octanol–water partition coefficient (Wildman–Crippen LogP) is 5.05. The molecule has 1 heterocycles. The molecule has 3 aromatic rings. The summed E-state index contributed by atoms with van der Waals surface area (Å²) in [5.41, 5.74) is -0.0595. The number of hydrogen-bond donors (Lipinski definition) is 2. The summed E-state index contributed by atoms with van der Waals surface area (Å²) in [4.78, 5) is 40.8. The minimum absolute atomic E-state index is 0.000770. The molecule has 9 nitrogen and oxygen atoms in total. The van der Waals surface area contributed by atoms with Gasteiger partial charge in [-0.15, -0.1) is 0 Å². The van der Waals surface area contributed by atoms with Gasteiger partial charge in [0.15, 0.2) is 0 Å². The van der Waals surface area contributed by atoms with E-state index in [4.69, 9.17) is 16.3 Å². The molecular formula is C30H37ClF3N5O4. The number of carbonyl (C=O) groups excluding carboxylic acids is 2. The molecule has 1 aromatic heterocycles. The Hall–Kier alpha value is -3.77. The Morgan fingerprint density at radius 3 is 2.40 bits per heavy atom. The number of carbonyl (C=O) groups is 2. The van der Waals surface area contributed by atoms with E-state index in [-0.39, 0.29) is 37.2 Å². The van der Waals surface area contributed by atoms with Crippen molar-refractivity contribution in [3.05, 3.63) is 75.2 Å². The van der Waals surface area contributed by atoms with Gasteiger partial charge < -0.3 is 15.4 Å². The van der Waals surface area contributed by atoms with Gasteiger partial charge in [0.05, 0.1) is 30.1 Å². The second-order valence-electron chi connectivity index (χ2n) is 11.0. The van der Waals surface area contributed by atoms with E-state index in [9.17, 15) is 27.6 Å². The number of hydrogen-bond acceptors (Lipinski definition) is 5. The standard InChI is InChI=1S/C30H37ClF3N5O4/c1-6-43-24-13-12-20(31)16-22(24)27(41)35-18-29(2,3)17-25(40)36-26-23(14-15-37(4)19-30(32,33)34)38(5)39(28(26)42)21-10-8-7-9-11-21/h7-13,16H,6,14-15,17-19H2,1-5H3,(H,35,41)(H,36,40). The summed E-state index contributed by atoms with van der Waals surface area (Å²) in [6.45, 7) is 4.74. The number of rotatable bonds is 13. The number of halogens is 4. The Labute approximate surface area is 253 Å². The van der Waals surface area contributed by atoms with Crippen LogP contribution in [0.5, 0.6) is 5.75 Å². The highest BCUT2D eigenvalue weighted by atomic mass is 35.5. The van der Waals surface area contributed by atoms with Crippen LogP contribution in [0.1, 0.15) is 43.2 Å². The Morgan fingerprint density at radius 2 is 1.77 bits per heavy atom. The van der Waals surface area contributed by atoms with E-state index in [0.717, 1.165) is 4.90 Å². The van der Waals surface area contributed by atoms with Crippen molar-refractivity contribution >= 4 is 29.1 Å². The van der Waals surface area contributed by atoms with Gasteiger partial charge in [-0.1, -0.05) is 43.6 Å². The lowest BCUT2D eigenvalue weighted by atomic mass is 9.88. The van der Waals surface area contributed by atoms with Crippen LogP contribution >= 0.6 is 11.6 Å².